The monoisotopic (exact) mass is 380 g/mol. The Kier molecular flexibility index (Phi) is 5.21. The Bertz CT molecular complexity index is 889. The van der Waals surface area contributed by atoms with Crippen molar-refractivity contribution in [3.8, 4) is 11.5 Å². The van der Waals surface area contributed by atoms with Crippen molar-refractivity contribution in [2.24, 2.45) is 0 Å². The summed E-state index contributed by atoms with van der Waals surface area (Å²) in [5, 5.41) is 3.16. The van der Waals surface area contributed by atoms with Crippen LogP contribution in [0.5, 0.6) is 11.5 Å². The summed E-state index contributed by atoms with van der Waals surface area (Å²) in [7, 11) is 3.22. The van der Waals surface area contributed by atoms with Crippen LogP contribution in [0.15, 0.2) is 48.7 Å². The van der Waals surface area contributed by atoms with Crippen molar-refractivity contribution in [2.45, 2.75) is 6.04 Å². The Morgan fingerprint density at radius 3 is 2.43 bits per heavy atom. The van der Waals surface area contributed by atoms with Crippen molar-refractivity contribution >= 4 is 11.5 Å². The number of nitrogens with one attached hydrogen (secondary N) is 1. The molecule has 2 aliphatic rings. The molecule has 2 heterocycles. The molecular formula is C22H24N2O4. The summed E-state index contributed by atoms with van der Waals surface area (Å²) in [5.74, 6) is 1.15. The quantitative estimate of drug-likeness (QED) is 0.827. The van der Waals surface area contributed by atoms with Crippen molar-refractivity contribution in [3.63, 3.8) is 0 Å². The van der Waals surface area contributed by atoms with Gasteiger partial charge in [0.1, 0.15) is 0 Å². The highest BCUT2D eigenvalue weighted by molar-refractivity contribution is 6.21. The van der Waals surface area contributed by atoms with E-state index in [4.69, 9.17) is 14.2 Å². The molecule has 2 aliphatic heterocycles. The molecule has 0 aliphatic carbocycles. The molecule has 2 aromatic carbocycles. The molecule has 4 rings (SSSR count). The zero-order chi connectivity index (χ0) is 19.5. The highest BCUT2D eigenvalue weighted by Crippen LogP contribution is 2.41. The Morgan fingerprint density at radius 1 is 1.07 bits per heavy atom. The van der Waals surface area contributed by atoms with Crippen LogP contribution in [0, 0.1) is 0 Å². The summed E-state index contributed by atoms with van der Waals surface area (Å²) < 4.78 is 16.4. The van der Waals surface area contributed by atoms with Gasteiger partial charge in [0, 0.05) is 19.3 Å². The van der Waals surface area contributed by atoms with Gasteiger partial charge in [-0.1, -0.05) is 30.3 Å². The highest BCUT2D eigenvalue weighted by Gasteiger charge is 2.32. The molecule has 0 bridgehead atoms. The number of hydrogen-bond donors (Lipinski definition) is 1. The zero-order valence-electron chi connectivity index (χ0n) is 16.1. The van der Waals surface area contributed by atoms with Gasteiger partial charge in [-0.15, -0.1) is 0 Å². The van der Waals surface area contributed by atoms with E-state index in [1.54, 1.807) is 14.2 Å². The lowest BCUT2D eigenvalue weighted by molar-refractivity contribution is -0.116. The SMILES string of the molecule is COc1cc2c(cc1OC)[C@H](c1ccccc1)NC(=O)/C2=C\N1CCOCC1. The normalized spacial score (nSPS) is 20.5. The average molecular weight is 380 g/mol. The van der Waals surface area contributed by atoms with Crippen LogP contribution < -0.4 is 14.8 Å². The Hall–Kier alpha value is -2.99. The molecular weight excluding hydrogens is 356 g/mol. The van der Waals surface area contributed by atoms with Gasteiger partial charge in [0.15, 0.2) is 11.5 Å². The maximum absolute atomic E-state index is 13.1. The van der Waals surface area contributed by atoms with Crippen LogP contribution in [-0.2, 0) is 9.53 Å². The van der Waals surface area contributed by atoms with Crippen LogP contribution in [0.3, 0.4) is 0 Å². The lowest BCUT2D eigenvalue weighted by Crippen LogP contribution is -2.37. The van der Waals surface area contributed by atoms with Gasteiger partial charge >= 0.3 is 0 Å². The third kappa shape index (κ3) is 3.43. The second-order valence-corrected chi connectivity index (χ2v) is 6.80. The molecule has 1 N–H and O–H groups in total. The van der Waals surface area contributed by atoms with Gasteiger partial charge in [0.25, 0.3) is 5.91 Å². The maximum atomic E-state index is 13.1. The number of benzene rings is 2. The molecule has 0 unspecified atom stereocenters. The number of hydrogen-bond acceptors (Lipinski definition) is 5. The predicted octanol–water partition coefficient (Wildman–Crippen LogP) is 2.60. The lowest BCUT2D eigenvalue weighted by Gasteiger charge is -2.32. The van der Waals surface area contributed by atoms with Crippen LogP contribution in [0.1, 0.15) is 22.7 Å². The molecule has 0 radical (unpaired) electrons. The number of carbonyl (C=O) groups is 1. The molecule has 1 fully saturated rings. The van der Waals surface area contributed by atoms with E-state index in [1.807, 2.05) is 48.7 Å². The maximum Gasteiger partial charge on any atom is 0.254 e. The third-order valence-electron chi connectivity index (χ3n) is 5.17. The minimum absolute atomic E-state index is 0.0972. The van der Waals surface area contributed by atoms with Gasteiger partial charge in [0.05, 0.1) is 39.0 Å². The molecule has 146 valence electrons. The van der Waals surface area contributed by atoms with E-state index in [1.165, 1.54) is 0 Å². The average Bonchev–Trinajstić information content (AvgIpc) is 2.76. The number of rotatable bonds is 4. The first-order chi connectivity index (χ1) is 13.7. The van der Waals surface area contributed by atoms with Crippen LogP contribution in [0.4, 0.5) is 0 Å². The first kappa shape index (κ1) is 18.4. The van der Waals surface area contributed by atoms with Gasteiger partial charge in [-0.3, -0.25) is 4.79 Å². The fourth-order valence-electron chi connectivity index (χ4n) is 3.70. The number of morpholine rings is 1. The predicted molar refractivity (Wildman–Crippen MR) is 106 cm³/mol. The van der Waals surface area contributed by atoms with E-state index < -0.39 is 0 Å². The lowest BCUT2D eigenvalue weighted by atomic mass is 9.86. The van der Waals surface area contributed by atoms with E-state index >= 15 is 0 Å². The molecule has 28 heavy (non-hydrogen) atoms. The van der Waals surface area contributed by atoms with Crippen molar-refractivity contribution in [2.75, 3.05) is 40.5 Å². The minimum atomic E-state index is -0.245. The van der Waals surface area contributed by atoms with Crippen molar-refractivity contribution in [3.05, 3.63) is 65.4 Å². The number of carbonyl (C=O) groups excluding carboxylic acids is 1. The number of nitrogens with zero attached hydrogens (tertiary/aromatic N) is 1. The fourth-order valence-corrected chi connectivity index (χ4v) is 3.70. The van der Waals surface area contributed by atoms with Gasteiger partial charge in [0.2, 0.25) is 0 Å². The van der Waals surface area contributed by atoms with Crippen LogP contribution in [-0.4, -0.2) is 51.3 Å². The minimum Gasteiger partial charge on any atom is -0.493 e. The summed E-state index contributed by atoms with van der Waals surface area (Å²) in [4.78, 5) is 15.2. The molecule has 2 aromatic rings. The molecule has 0 aromatic heterocycles. The fraction of sp³-hybridized carbons (Fsp3) is 0.318. The first-order valence-corrected chi connectivity index (χ1v) is 9.37. The summed E-state index contributed by atoms with van der Waals surface area (Å²) in [5.41, 5.74) is 3.50. The standard InChI is InChI=1S/C22H24N2O4/c1-26-19-12-16-17(13-20(19)27-2)21(15-6-4-3-5-7-15)23-22(25)18(16)14-24-8-10-28-11-9-24/h3-7,12-14,21H,8-11H2,1-2H3,(H,23,25)/b18-14-/t21-/m0/s1. The highest BCUT2D eigenvalue weighted by atomic mass is 16.5. The number of amides is 1. The molecule has 0 spiro atoms. The van der Waals surface area contributed by atoms with Gasteiger partial charge < -0.3 is 24.4 Å². The van der Waals surface area contributed by atoms with E-state index in [9.17, 15) is 4.79 Å². The van der Waals surface area contributed by atoms with E-state index in [2.05, 4.69) is 10.2 Å². The molecule has 6 heteroatoms. The third-order valence-corrected chi connectivity index (χ3v) is 5.17. The van der Waals surface area contributed by atoms with Gasteiger partial charge in [-0.2, -0.15) is 0 Å². The first-order valence-electron chi connectivity index (χ1n) is 9.37. The number of methoxy groups -OCH3 is 2. The van der Waals surface area contributed by atoms with Crippen molar-refractivity contribution < 1.29 is 19.0 Å². The topological polar surface area (TPSA) is 60.0 Å². The number of ether oxygens (including phenoxy) is 3. The van der Waals surface area contributed by atoms with E-state index in [0.29, 0.717) is 30.3 Å². The Balaban J connectivity index is 1.85. The molecule has 1 saturated heterocycles. The molecule has 1 amide bonds. The Morgan fingerprint density at radius 2 is 1.75 bits per heavy atom. The zero-order valence-corrected chi connectivity index (χ0v) is 16.1. The molecule has 6 nitrogen and oxygen atoms in total. The molecule has 1 atom stereocenters. The van der Waals surface area contributed by atoms with Crippen LogP contribution >= 0.6 is 0 Å². The molecule has 0 saturated carbocycles. The Labute approximate surface area is 164 Å². The second kappa shape index (κ2) is 7.94. The van der Waals surface area contributed by atoms with Crippen molar-refractivity contribution in [1.82, 2.24) is 10.2 Å². The van der Waals surface area contributed by atoms with E-state index in [-0.39, 0.29) is 11.9 Å². The summed E-state index contributed by atoms with van der Waals surface area (Å²) in [6.45, 7) is 2.86. The summed E-state index contributed by atoms with van der Waals surface area (Å²) in [6.07, 6.45) is 1.93. The van der Waals surface area contributed by atoms with Crippen LogP contribution in [0.2, 0.25) is 0 Å². The van der Waals surface area contributed by atoms with Crippen molar-refractivity contribution in [1.29, 1.82) is 0 Å². The second-order valence-electron chi connectivity index (χ2n) is 6.80. The van der Waals surface area contributed by atoms with Gasteiger partial charge in [-0.05, 0) is 28.8 Å². The van der Waals surface area contributed by atoms with Gasteiger partial charge in [-0.25, -0.2) is 0 Å². The number of fused-ring (bicyclic) bond motifs is 1. The summed E-state index contributed by atoms with van der Waals surface area (Å²) in [6, 6.07) is 13.6. The summed E-state index contributed by atoms with van der Waals surface area (Å²) >= 11 is 0. The largest absolute Gasteiger partial charge is 0.493 e. The smallest absolute Gasteiger partial charge is 0.254 e. The van der Waals surface area contributed by atoms with Crippen LogP contribution in [0.25, 0.3) is 5.57 Å². The van der Waals surface area contributed by atoms with E-state index in [0.717, 1.165) is 29.8 Å².